The Bertz CT molecular complexity index is 852. The van der Waals surface area contributed by atoms with Crippen molar-refractivity contribution in [3.8, 4) is 0 Å². The van der Waals surface area contributed by atoms with Gasteiger partial charge in [-0.1, -0.05) is 29.3 Å². The topological polar surface area (TPSA) is 96.5 Å². The van der Waals surface area contributed by atoms with Crippen LogP contribution in [0.2, 0.25) is 10.0 Å². The van der Waals surface area contributed by atoms with Crippen molar-refractivity contribution >= 4 is 41.1 Å². The molecule has 4 aliphatic rings. The minimum atomic E-state index is -1.08. The van der Waals surface area contributed by atoms with Crippen LogP contribution >= 0.6 is 23.2 Å². The monoisotopic (exact) mass is 481 g/mol. The molecule has 9 heteroatoms. The number of rotatable bonds is 7. The Balaban J connectivity index is 1.31. The molecule has 0 saturated heterocycles. The Morgan fingerprint density at radius 2 is 1.59 bits per heavy atom. The molecule has 4 saturated carbocycles. The van der Waals surface area contributed by atoms with Crippen molar-refractivity contribution in [3.63, 3.8) is 0 Å². The van der Waals surface area contributed by atoms with Crippen LogP contribution in [0.4, 0.5) is 4.79 Å². The molecule has 174 valence electrons. The van der Waals surface area contributed by atoms with Gasteiger partial charge in [-0.05, 0) is 73.8 Å². The summed E-state index contributed by atoms with van der Waals surface area (Å²) >= 11 is 12.2. The summed E-state index contributed by atoms with van der Waals surface area (Å²) in [7, 11) is 1.22. The summed E-state index contributed by atoms with van der Waals surface area (Å²) < 4.78 is 4.78. The van der Waals surface area contributed by atoms with Crippen LogP contribution in [-0.2, 0) is 9.53 Å². The molecule has 0 heterocycles. The molecule has 3 N–H and O–H groups in total. The zero-order valence-electron chi connectivity index (χ0n) is 18.1. The highest BCUT2D eigenvalue weighted by molar-refractivity contribution is 6.39. The molecule has 1 aromatic rings. The highest BCUT2D eigenvalue weighted by Crippen LogP contribution is 2.59. The summed E-state index contributed by atoms with van der Waals surface area (Å²) in [6.07, 6.45) is 7.63. The van der Waals surface area contributed by atoms with Gasteiger partial charge in [0.2, 0.25) is 0 Å². The predicted molar refractivity (Wildman–Crippen MR) is 122 cm³/mol. The molecular weight excluding hydrogens is 453 g/mol. The summed E-state index contributed by atoms with van der Waals surface area (Å²) in [5.74, 6) is 1.12. The van der Waals surface area contributed by atoms with Gasteiger partial charge in [-0.25, -0.2) is 9.59 Å². The second-order valence-electron chi connectivity index (χ2n) is 9.63. The van der Waals surface area contributed by atoms with Crippen molar-refractivity contribution in [3.05, 3.63) is 33.8 Å². The quantitative estimate of drug-likeness (QED) is 0.516. The maximum absolute atomic E-state index is 12.6. The number of urea groups is 1. The van der Waals surface area contributed by atoms with E-state index in [1.54, 1.807) is 6.07 Å². The largest absolute Gasteiger partial charge is 0.467 e. The minimum Gasteiger partial charge on any atom is -0.467 e. The molecule has 4 bridgehead atoms. The molecule has 0 radical (unpaired) electrons. The first-order valence-electron chi connectivity index (χ1n) is 11.1. The average molecular weight is 482 g/mol. The smallest absolute Gasteiger partial charge is 0.330 e. The van der Waals surface area contributed by atoms with Crippen molar-refractivity contribution < 1.29 is 19.1 Å². The van der Waals surface area contributed by atoms with Crippen LogP contribution in [0.25, 0.3) is 0 Å². The van der Waals surface area contributed by atoms with Crippen LogP contribution in [0.3, 0.4) is 0 Å². The molecule has 4 fully saturated rings. The SMILES string of the molecule is COC(=O)[C@H](CNC(=O)NCC12CC3CC(CC(C3)C1)C2)NC(=O)c1c(Cl)cccc1Cl. The van der Waals surface area contributed by atoms with Crippen LogP contribution in [-0.4, -0.2) is 44.1 Å². The zero-order valence-corrected chi connectivity index (χ0v) is 19.6. The molecule has 32 heavy (non-hydrogen) atoms. The first kappa shape index (κ1) is 23.2. The predicted octanol–water partition coefficient (Wildman–Crippen LogP) is 3.78. The van der Waals surface area contributed by atoms with E-state index < -0.39 is 17.9 Å². The normalized spacial score (nSPS) is 28.7. The maximum Gasteiger partial charge on any atom is 0.330 e. The molecule has 0 aromatic heterocycles. The molecule has 0 spiro atoms. The second-order valence-corrected chi connectivity index (χ2v) is 10.4. The summed E-state index contributed by atoms with van der Waals surface area (Å²) in [4.78, 5) is 37.3. The Morgan fingerprint density at radius 1 is 1.03 bits per heavy atom. The molecule has 0 aliphatic heterocycles. The van der Waals surface area contributed by atoms with E-state index in [2.05, 4.69) is 16.0 Å². The van der Waals surface area contributed by atoms with E-state index in [0.29, 0.717) is 6.54 Å². The van der Waals surface area contributed by atoms with Crippen molar-refractivity contribution in [1.29, 1.82) is 0 Å². The third kappa shape index (κ3) is 4.99. The van der Waals surface area contributed by atoms with Gasteiger partial charge >= 0.3 is 12.0 Å². The standard InChI is InChI=1S/C23H29Cl2N3O4/c1-32-21(30)18(28-20(29)19-16(24)3-2-4-17(19)25)11-26-22(31)27-12-23-8-13-5-14(9-23)7-15(6-13)10-23/h2-4,13-15,18H,5-12H2,1H3,(H,28,29)(H2,26,27,31)/t13?,14?,15?,18-,23?/m0/s1. The summed E-state index contributed by atoms with van der Waals surface area (Å²) in [5.41, 5.74) is 0.277. The molecule has 5 rings (SSSR count). The third-order valence-corrected chi connectivity index (χ3v) is 7.87. The molecule has 1 atom stereocenters. The van der Waals surface area contributed by atoms with Gasteiger partial charge < -0.3 is 20.7 Å². The van der Waals surface area contributed by atoms with Crippen LogP contribution in [0, 0.1) is 23.2 Å². The number of benzene rings is 1. The highest BCUT2D eigenvalue weighted by atomic mass is 35.5. The number of carbonyl (C=O) groups is 3. The van der Waals surface area contributed by atoms with Gasteiger partial charge in [-0.15, -0.1) is 0 Å². The van der Waals surface area contributed by atoms with E-state index in [0.717, 1.165) is 17.8 Å². The van der Waals surface area contributed by atoms with E-state index in [1.807, 2.05) is 0 Å². The van der Waals surface area contributed by atoms with Crippen molar-refractivity contribution in [2.45, 2.75) is 44.6 Å². The number of hydrogen-bond acceptors (Lipinski definition) is 4. The third-order valence-electron chi connectivity index (χ3n) is 7.24. The second kappa shape index (κ2) is 9.48. The lowest BCUT2D eigenvalue weighted by atomic mass is 9.49. The Labute approximate surface area is 197 Å². The van der Waals surface area contributed by atoms with Gasteiger partial charge in [0, 0.05) is 6.54 Å². The number of amides is 3. The molecular formula is C23H29Cl2N3O4. The van der Waals surface area contributed by atoms with E-state index in [-0.39, 0.29) is 33.6 Å². The first-order valence-corrected chi connectivity index (χ1v) is 11.9. The number of carbonyl (C=O) groups excluding carboxylic acids is 3. The van der Waals surface area contributed by atoms with Crippen LogP contribution in [0.15, 0.2) is 18.2 Å². The van der Waals surface area contributed by atoms with E-state index in [4.69, 9.17) is 27.9 Å². The fourth-order valence-corrected chi connectivity index (χ4v) is 6.88. The lowest BCUT2D eigenvalue weighted by Gasteiger charge is -2.56. The van der Waals surface area contributed by atoms with Gasteiger partial charge in [0.25, 0.3) is 5.91 Å². The number of hydrogen-bond donors (Lipinski definition) is 3. The Morgan fingerprint density at radius 3 is 2.12 bits per heavy atom. The van der Waals surface area contributed by atoms with Gasteiger partial charge in [0.05, 0.1) is 29.3 Å². The van der Waals surface area contributed by atoms with Gasteiger partial charge in [-0.3, -0.25) is 4.79 Å². The maximum atomic E-state index is 12.6. The number of ether oxygens (including phenoxy) is 1. The summed E-state index contributed by atoms with van der Waals surface area (Å²) in [5, 5.41) is 8.56. The lowest BCUT2D eigenvalue weighted by molar-refractivity contribution is -0.142. The van der Waals surface area contributed by atoms with E-state index in [9.17, 15) is 14.4 Å². The summed E-state index contributed by atoms with van der Waals surface area (Å²) in [6, 6.07) is 3.25. The number of methoxy groups -OCH3 is 1. The zero-order chi connectivity index (χ0) is 22.9. The number of esters is 1. The fraction of sp³-hybridized carbons (Fsp3) is 0.609. The van der Waals surface area contributed by atoms with Gasteiger partial charge in [0.1, 0.15) is 6.04 Å². The van der Waals surface area contributed by atoms with Crippen molar-refractivity contribution in [2.75, 3.05) is 20.2 Å². The summed E-state index contributed by atoms with van der Waals surface area (Å²) in [6.45, 7) is 0.528. The molecule has 4 aliphatic carbocycles. The minimum absolute atomic E-state index is 0.0657. The average Bonchev–Trinajstić information content (AvgIpc) is 2.73. The van der Waals surface area contributed by atoms with Gasteiger partial charge in [-0.2, -0.15) is 0 Å². The molecule has 3 amide bonds. The number of halogens is 2. The molecule has 0 unspecified atom stereocenters. The first-order chi connectivity index (χ1) is 15.3. The Hall–Kier alpha value is -1.99. The van der Waals surface area contributed by atoms with Crippen LogP contribution in [0.5, 0.6) is 0 Å². The van der Waals surface area contributed by atoms with Crippen molar-refractivity contribution in [1.82, 2.24) is 16.0 Å². The van der Waals surface area contributed by atoms with Gasteiger partial charge in [0.15, 0.2) is 0 Å². The van der Waals surface area contributed by atoms with Crippen LogP contribution in [0.1, 0.15) is 48.9 Å². The number of nitrogens with one attached hydrogen (secondary N) is 3. The van der Waals surface area contributed by atoms with Crippen molar-refractivity contribution in [2.24, 2.45) is 23.2 Å². The van der Waals surface area contributed by atoms with Crippen LogP contribution < -0.4 is 16.0 Å². The highest BCUT2D eigenvalue weighted by Gasteiger charge is 2.50. The van der Waals surface area contributed by atoms with E-state index >= 15 is 0 Å². The van der Waals surface area contributed by atoms with E-state index in [1.165, 1.54) is 57.8 Å². The Kier molecular flexibility index (Phi) is 6.86. The molecule has 1 aromatic carbocycles. The lowest BCUT2D eigenvalue weighted by Crippen LogP contribution is -2.54. The molecule has 7 nitrogen and oxygen atoms in total. The fourth-order valence-electron chi connectivity index (χ4n) is 6.31.